The van der Waals surface area contributed by atoms with E-state index in [1.807, 2.05) is 42.5 Å². The van der Waals surface area contributed by atoms with Gasteiger partial charge in [-0.15, -0.1) is 0 Å². The Balaban J connectivity index is 2.00. The van der Waals surface area contributed by atoms with E-state index < -0.39 is 0 Å². The highest BCUT2D eigenvalue weighted by atomic mass is 79.9. The number of nitrogens with zero attached hydrogens (tertiary/aromatic N) is 1. The molecular weight excluding hydrogens is 304 g/mol. The summed E-state index contributed by atoms with van der Waals surface area (Å²) in [7, 11) is 0. The van der Waals surface area contributed by atoms with E-state index in [0.29, 0.717) is 17.8 Å². The highest BCUT2D eigenvalue weighted by molar-refractivity contribution is 9.10. The first kappa shape index (κ1) is 12.2. The molecule has 0 bridgehead atoms. The summed E-state index contributed by atoms with van der Waals surface area (Å²) in [6.07, 6.45) is 0.881. The fraction of sp³-hybridized carbons (Fsp3) is 0.133. The first-order valence-electron chi connectivity index (χ1n) is 6.11. The third kappa shape index (κ3) is 2.12. The molecule has 0 radical (unpaired) electrons. The number of anilines is 2. The first-order chi connectivity index (χ1) is 9.16. The Kier molecular flexibility index (Phi) is 3.03. The van der Waals surface area contributed by atoms with Crippen LogP contribution >= 0.6 is 15.9 Å². The van der Waals surface area contributed by atoms with Crippen molar-refractivity contribution in [3.63, 3.8) is 0 Å². The number of carbonyl (C=O) groups excluding carboxylic acids is 1. The Bertz CT molecular complexity index is 654. The zero-order valence-electron chi connectivity index (χ0n) is 10.3. The lowest BCUT2D eigenvalue weighted by atomic mass is 10.1. The number of hydrogen-bond donors (Lipinski definition) is 1. The van der Waals surface area contributed by atoms with E-state index in [9.17, 15) is 4.79 Å². The summed E-state index contributed by atoms with van der Waals surface area (Å²) in [6, 6.07) is 13.2. The molecule has 4 heteroatoms. The molecule has 96 valence electrons. The maximum Gasteiger partial charge on any atom is 0.259 e. The molecule has 2 N–H and O–H groups in total. The van der Waals surface area contributed by atoms with Crippen LogP contribution in [0.2, 0.25) is 0 Å². The van der Waals surface area contributed by atoms with E-state index >= 15 is 0 Å². The molecule has 19 heavy (non-hydrogen) atoms. The lowest BCUT2D eigenvalue weighted by Crippen LogP contribution is -2.29. The molecular formula is C15H13BrN2O. The van der Waals surface area contributed by atoms with Crippen molar-refractivity contribution in [3.8, 4) is 0 Å². The average molecular weight is 317 g/mol. The van der Waals surface area contributed by atoms with Crippen molar-refractivity contribution in [2.75, 3.05) is 17.2 Å². The zero-order valence-corrected chi connectivity index (χ0v) is 11.9. The van der Waals surface area contributed by atoms with Crippen LogP contribution < -0.4 is 10.6 Å². The molecule has 3 nitrogen and oxygen atoms in total. The van der Waals surface area contributed by atoms with Gasteiger partial charge < -0.3 is 10.6 Å². The second-order valence-electron chi connectivity index (χ2n) is 4.57. The van der Waals surface area contributed by atoms with Crippen LogP contribution in [0.25, 0.3) is 0 Å². The summed E-state index contributed by atoms with van der Waals surface area (Å²) in [6.45, 7) is 0.707. The Morgan fingerprint density at radius 2 is 2.00 bits per heavy atom. The molecule has 0 aromatic heterocycles. The molecule has 0 aliphatic carbocycles. The zero-order chi connectivity index (χ0) is 13.4. The first-order valence-corrected chi connectivity index (χ1v) is 6.91. The highest BCUT2D eigenvalue weighted by Gasteiger charge is 2.26. The minimum absolute atomic E-state index is 0.0109. The number of nitrogens with two attached hydrogens (primary N) is 1. The lowest BCUT2D eigenvalue weighted by Gasteiger charge is -2.18. The second-order valence-corrected chi connectivity index (χ2v) is 5.43. The maximum absolute atomic E-state index is 12.6. The van der Waals surface area contributed by atoms with Gasteiger partial charge in [0.15, 0.2) is 0 Å². The molecule has 0 spiro atoms. The molecule has 3 rings (SSSR count). The lowest BCUT2D eigenvalue weighted by molar-refractivity contribution is 0.0988. The topological polar surface area (TPSA) is 46.3 Å². The molecule has 0 saturated carbocycles. The number of carbonyl (C=O) groups is 1. The average Bonchev–Trinajstić information content (AvgIpc) is 2.81. The number of benzene rings is 2. The number of fused-ring (bicyclic) bond motifs is 1. The van der Waals surface area contributed by atoms with Crippen LogP contribution in [0.5, 0.6) is 0 Å². The highest BCUT2D eigenvalue weighted by Crippen LogP contribution is 2.32. The van der Waals surface area contributed by atoms with E-state index in [1.54, 1.807) is 4.90 Å². The number of nitrogen functional groups attached to an aromatic ring is 1. The van der Waals surface area contributed by atoms with Gasteiger partial charge in [-0.1, -0.05) is 18.2 Å². The monoisotopic (exact) mass is 316 g/mol. The van der Waals surface area contributed by atoms with E-state index in [0.717, 1.165) is 16.6 Å². The third-order valence-electron chi connectivity index (χ3n) is 3.35. The summed E-state index contributed by atoms with van der Waals surface area (Å²) < 4.78 is 0.817. The largest absolute Gasteiger partial charge is 0.399 e. The van der Waals surface area contributed by atoms with Gasteiger partial charge in [-0.3, -0.25) is 4.79 Å². The molecule has 1 aliphatic rings. The van der Waals surface area contributed by atoms with Gasteiger partial charge in [0.25, 0.3) is 5.91 Å². The molecule has 1 heterocycles. The number of rotatable bonds is 1. The van der Waals surface area contributed by atoms with E-state index in [4.69, 9.17) is 5.73 Å². The summed E-state index contributed by atoms with van der Waals surface area (Å²) in [5.41, 5.74) is 9.29. The van der Waals surface area contributed by atoms with Gasteiger partial charge in [-0.05, 0) is 52.2 Å². The minimum Gasteiger partial charge on any atom is -0.399 e. The van der Waals surface area contributed by atoms with Crippen molar-refractivity contribution in [3.05, 3.63) is 58.1 Å². The molecule has 0 saturated heterocycles. The number of hydrogen-bond acceptors (Lipinski definition) is 2. The van der Waals surface area contributed by atoms with E-state index in [2.05, 4.69) is 15.9 Å². The second kappa shape index (κ2) is 4.70. The number of amides is 1. The van der Waals surface area contributed by atoms with Crippen molar-refractivity contribution < 1.29 is 4.79 Å². The van der Waals surface area contributed by atoms with Gasteiger partial charge in [0.1, 0.15) is 0 Å². The third-order valence-corrected chi connectivity index (χ3v) is 4.05. The molecule has 1 amide bonds. The Morgan fingerprint density at radius 1 is 1.21 bits per heavy atom. The van der Waals surface area contributed by atoms with Crippen LogP contribution in [0.15, 0.2) is 46.9 Å². The predicted molar refractivity (Wildman–Crippen MR) is 80.4 cm³/mol. The van der Waals surface area contributed by atoms with Crippen LogP contribution in [0.3, 0.4) is 0 Å². The fourth-order valence-corrected chi connectivity index (χ4v) is 2.84. The van der Waals surface area contributed by atoms with Crippen LogP contribution in [0, 0.1) is 0 Å². The minimum atomic E-state index is 0.0109. The molecule has 0 fully saturated rings. The van der Waals surface area contributed by atoms with Crippen LogP contribution in [-0.4, -0.2) is 12.5 Å². The van der Waals surface area contributed by atoms with E-state index in [-0.39, 0.29) is 5.91 Å². The fourth-order valence-electron chi connectivity index (χ4n) is 2.39. The molecule has 0 unspecified atom stereocenters. The summed E-state index contributed by atoms with van der Waals surface area (Å²) >= 11 is 3.43. The van der Waals surface area contributed by atoms with Gasteiger partial charge in [-0.2, -0.15) is 0 Å². The van der Waals surface area contributed by atoms with Gasteiger partial charge in [0.05, 0.1) is 5.56 Å². The van der Waals surface area contributed by atoms with Crippen molar-refractivity contribution in [1.29, 1.82) is 0 Å². The van der Waals surface area contributed by atoms with Crippen molar-refractivity contribution in [1.82, 2.24) is 0 Å². The predicted octanol–water partition coefficient (Wildman–Crippen LogP) is 3.23. The summed E-state index contributed by atoms with van der Waals surface area (Å²) in [4.78, 5) is 14.4. The Morgan fingerprint density at radius 3 is 2.79 bits per heavy atom. The van der Waals surface area contributed by atoms with Gasteiger partial charge in [0, 0.05) is 22.4 Å². The normalized spacial score (nSPS) is 13.4. The van der Waals surface area contributed by atoms with Crippen LogP contribution in [-0.2, 0) is 6.42 Å². The Labute approximate surface area is 120 Å². The molecule has 2 aromatic carbocycles. The van der Waals surface area contributed by atoms with Crippen molar-refractivity contribution in [2.24, 2.45) is 0 Å². The van der Waals surface area contributed by atoms with E-state index in [1.165, 1.54) is 5.56 Å². The molecule has 2 aromatic rings. The van der Waals surface area contributed by atoms with Gasteiger partial charge >= 0.3 is 0 Å². The van der Waals surface area contributed by atoms with Crippen molar-refractivity contribution >= 4 is 33.2 Å². The van der Waals surface area contributed by atoms with Gasteiger partial charge in [0.2, 0.25) is 0 Å². The Hall–Kier alpha value is -1.81. The molecule has 0 atom stereocenters. The van der Waals surface area contributed by atoms with Crippen LogP contribution in [0.1, 0.15) is 15.9 Å². The smallest absolute Gasteiger partial charge is 0.259 e. The summed E-state index contributed by atoms with van der Waals surface area (Å²) in [5.74, 6) is 0.0109. The van der Waals surface area contributed by atoms with Crippen molar-refractivity contribution in [2.45, 2.75) is 6.42 Å². The number of halogens is 1. The summed E-state index contributed by atoms with van der Waals surface area (Å²) in [5, 5.41) is 0. The SMILES string of the molecule is Nc1ccc2c(c1)N(C(=O)c1ccccc1Br)CC2. The van der Waals surface area contributed by atoms with Crippen LogP contribution in [0.4, 0.5) is 11.4 Å². The molecule has 1 aliphatic heterocycles. The maximum atomic E-state index is 12.6. The standard InChI is InChI=1S/C15H13BrN2O/c16-13-4-2-1-3-12(13)15(19)18-8-7-10-5-6-11(17)9-14(10)18/h1-6,9H,7-8,17H2. The quantitative estimate of drug-likeness (QED) is 0.821. The van der Waals surface area contributed by atoms with Gasteiger partial charge in [-0.25, -0.2) is 0 Å².